The van der Waals surface area contributed by atoms with E-state index in [0.717, 1.165) is 45.4 Å². The number of hydrogen-bond acceptors (Lipinski definition) is 4. The Hall–Kier alpha value is -5.29. The maximum atomic E-state index is 6.39. The third kappa shape index (κ3) is 4.79. The third-order valence-electron chi connectivity index (χ3n) is 7.61. The molecule has 1 aliphatic heterocycles. The first-order valence-corrected chi connectivity index (χ1v) is 14.1. The summed E-state index contributed by atoms with van der Waals surface area (Å²) in [6.07, 6.45) is 3.93. The van der Waals surface area contributed by atoms with Crippen LogP contribution < -0.4 is 14.5 Å². The van der Waals surface area contributed by atoms with E-state index in [0.29, 0.717) is 0 Å². The van der Waals surface area contributed by atoms with E-state index in [9.17, 15) is 0 Å². The minimum absolute atomic E-state index is 0.750. The molecule has 206 valence electrons. The van der Waals surface area contributed by atoms with Crippen LogP contribution in [0, 0.1) is 27.4 Å². The first-order valence-electron chi connectivity index (χ1n) is 14.1. The summed E-state index contributed by atoms with van der Waals surface area (Å²) in [5.74, 6) is 1.52. The number of hydrogen-bond donors (Lipinski definition) is 0. The van der Waals surface area contributed by atoms with Crippen LogP contribution >= 0.6 is 0 Å². The summed E-state index contributed by atoms with van der Waals surface area (Å²) in [5.41, 5.74) is 11.5. The van der Waals surface area contributed by atoms with Crippen LogP contribution in [0.25, 0.3) is 16.8 Å². The first-order chi connectivity index (χ1) is 20.5. The Morgan fingerprint density at radius 1 is 0.595 bits per heavy atom. The van der Waals surface area contributed by atoms with Gasteiger partial charge in [0.15, 0.2) is 0 Å². The smallest absolute Gasteiger partial charge is 0.129 e. The van der Waals surface area contributed by atoms with Gasteiger partial charge in [0, 0.05) is 46.6 Å². The molecule has 0 amide bonds. The number of para-hydroxylation sites is 2. The Kier molecular flexibility index (Phi) is 6.48. The van der Waals surface area contributed by atoms with Gasteiger partial charge in [-0.1, -0.05) is 72.3 Å². The lowest BCUT2D eigenvalue weighted by Crippen LogP contribution is -2.19. The van der Waals surface area contributed by atoms with E-state index in [1.54, 1.807) is 0 Å². The molecular weight excluding hydrogens is 516 g/mol. The number of benzene rings is 5. The molecule has 0 saturated carbocycles. The zero-order chi connectivity index (χ0) is 28.6. The standard InChI is InChI=1S/C37H31N4O/c1-26-19-27(2)37(28(3)20-26)40-25-39(35-17-7-8-18-36(35)40)31-13-9-15-33(21-31)42-34-16-10-14-32(22-34)41-24-30(23-38-41)29-11-5-4-6-12-29/h4-25H,1-3H3/q-1. The lowest BCUT2D eigenvalue weighted by Gasteiger charge is -2.36. The zero-order valence-electron chi connectivity index (χ0n) is 23.9. The van der Waals surface area contributed by atoms with E-state index in [4.69, 9.17) is 4.74 Å². The molecule has 7 rings (SSSR count). The molecule has 5 heteroatoms. The van der Waals surface area contributed by atoms with Crippen LogP contribution in [0.5, 0.6) is 11.5 Å². The van der Waals surface area contributed by atoms with Crippen molar-refractivity contribution in [3.63, 3.8) is 0 Å². The van der Waals surface area contributed by atoms with Gasteiger partial charge in [-0.3, -0.25) is 0 Å². The first kappa shape index (κ1) is 25.7. The third-order valence-corrected chi connectivity index (χ3v) is 7.61. The van der Waals surface area contributed by atoms with Gasteiger partial charge in [0.2, 0.25) is 0 Å². The Morgan fingerprint density at radius 3 is 1.93 bits per heavy atom. The molecule has 0 atom stereocenters. The summed E-state index contributed by atoms with van der Waals surface area (Å²) in [7, 11) is 0. The second-order valence-electron chi connectivity index (χ2n) is 10.7. The minimum Gasteiger partial charge on any atom is -0.473 e. The fraction of sp³-hybridized carbons (Fsp3) is 0.0811. The fourth-order valence-corrected chi connectivity index (χ4v) is 5.81. The van der Waals surface area contributed by atoms with Gasteiger partial charge >= 0.3 is 0 Å². The lowest BCUT2D eigenvalue weighted by atomic mass is 10.0. The van der Waals surface area contributed by atoms with Gasteiger partial charge < -0.3 is 14.5 Å². The molecule has 2 heterocycles. The maximum Gasteiger partial charge on any atom is 0.129 e. The van der Waals surface area contributed by atoms with Gasteiger partial charge in [0.1, 0.15) is 11.5 Å². The highest BCUT2D eigenvalue weighted by atomic mass is 16.5. The molecule has 42 heavy (non-hydrogen) atoms. The van der Waals surface area contributed by atoms with Crippen LogP contribution in [-0.4, -0.2) is 9.78 Å². The van der Waals surface area contributed by atoms with Crippen molar-refractivity contribution in [3.05, 3.63) is 151 Å². The van der Waals surface area contributed by atoms with Gasteiger partial charge in [0.05, 0.1) is 11.9 Å². The van der Waals surface area contributed by atoms with Crippen LogP contribution in [0.1, 0.15) is 16.7 Å². The number of aryl methyl sites for hydroxylation is 3. The van der Waals surface area contributed by atoms with Crippen LogP contribution in [0.3, 0.4) is 0 Å². The molecule has 0 aliphatic carbocycles. The average molecular weight is 548 g/mol. The average Bonchev–Trinajstić information content (AvgIpc) is 3.64. The van der Waals surface area contributed by atoms with E-state index in [2.05, 4.69) is 103 Å². The highest BCUT2D eigenvalue weighted by Gasteiger charge is 2.22. The number of aromatic nitrogens is 2. The molecule has 0 bridgehead atoms. The number of anilines is 4. The van der Waals surface area contributed by atoms with Gasteiger partial charge in [-0.15, -0.1) is 6.67 Å². The zero-order valence-corrected chi connectivity index (χ0v) is 23.9. The molecule has 5 aromatic carbocycles. The van der Waals surface area contributed by atoms with E-state index >= 15 is 0 Å². The predicted molar refractivity (Wildman–Crippen MR) is 171 cm³/mol. The summed E-state index contributed by atoms with van der Waals surface area (Å²) < 4.78 is 8.27. The minimum atomic E-state index is 0.750. The summed E-state index contributed by atoms with van der Waals surface area (Å²) in [4.78, 5) is 4.52. The molecule has 5 nitrogen and oxygen atoms in total. The lowest BCUT2D eigenvalue weighted by molar-refractivity contribution is 0.482. The topological polar surface area (TPSA) is 33.5 Å². The molecule has 1 aliphatic rings. The predicted octanol–water partition coefficient (Wildman–Crippen LogP) is 9.67. The van der Waals surface area contributed by atoms with Crippen LogP contribution in [0.4, 0.5) is 22.7 Å². The number of ether oxygens (including phenoxy) is 1. The Balaban J connectivity index is 1.16. The highest BCUT2D eigenvalue weighted by molar-refractivity contribution is 5.90. The maximum absolute atomic E-state index is 6.39. The van der Waals surface area contributed by atoms with Crippen molar-refractivity contribution in [1.82, 2.24) is 9.78 Å². The molecule has 0 unspecified atom stereocenters. The van der Waals surface area contributed by atoms with Gasteiger partial charge in [-0.25, -0.2) is 4.68 Å². The fourth-order valence-electron chi connectivity index (χ4n) is 5.81. The normalized spacial score (nSPS) is 12.5. The molecule has 0 saturated heterocycles. The van der Waals surface area contributed by atoms with Gasteiger partial charge in [-0.05, 0) is 73.9 Å². The Morgan fingerprint density at radius 2 is 1.21 bits per heavy atom. The van der Waals surface area contributed by atoms with Crippen LogP contribution in [-0.2, 0) is 0 Å². The summed E-state index contributed by atoms with van der Waals surface area (Å²) in [6.45, 7) is 8.69. The SMILES string of the molecule is Cc1cc(C)c(N2[CH-]N(c3cccc(Oc4cccc(-n5cc(-c6ccccc6)cn5)c4)c3)c3ccccc32)c(C)c1. The molecular formula is C37H31N4O-. The van der Waals surface area contributed by atoms with Gasteiger partial charge in [-0.2, -0.15) is 5.10 Å². The van der Waals surface area contributed by atoms with E-state index < -0.39 is 0 Å². The number of rotatable bonds is 6. The van der Waals surface area contributed by atoms with Crippen molar-refractivity contribution in [2.45, 2.75) is 20.8 Å². The molecule has 6 aromatic rings. The summed E-state index contributed by atoms with van der Waals surface area (Å²) in [6, 6.07) is 39.5. The monoisotopic (exact) mass is 547 g/mol. The van der Waals surface area contributed by atoms with E-state index in [1.165, 1.54) is 22.4 Å². The number of nitrogens with zero attached hydrogens (tertiary/aromatic N) is 4. The van der Waals surface area contributed by atoms with E-state index in [1.807, 2.05) is 71.7 Å². The summed E-state index contributed by atoms with van der Waals surface area (Å²) >= 11 is 0. The summed E-state index contributed by atoms with van der Waals surface area (Å²) in [5, 5.41) is 4.59. The van der Waals surface area contributed by atoms with E-state index in [-0.39, 0.29) is 0 Å². The quantitative estimate of drug-likeness (QED) is 0.194. The Labute approximate surface area is 246 Å². The molecule has 0 spiro atoms. The molecule has 0 fully saturated rings. The molecule has 1 aromatic heterocycles. The highest BCUT2D eigenvalue weighted by Crippen LogP contribution is 2.48. The van der Waals surface area contributed by atoms with Crippen molar-refractivity contribution in [2.24, 2.45) is 0 Å². The van der Waals surface area contributed by atoms with Crippen molar-refractivity contribution in [3.8, 4) is 28.3 Å². The van der Waals surface area contributed by atoms with Crippen molar-refractivity contribution >= 4 is 22.7 Å². The molecule has 0 N–H and O–H groups in total. The van der Waals surface area contributed by atoms with Crippen molar-refractivity contribution < 1.29 is 4.74 Å². The molecule has 0 radical (unpaired) electrons. The largest absolute Gasteiger partial charge is 0.473 e. The van der Waals surface area contributed by atoms with Gasteiger partial charge in [0.25, 0.3) is 0 Å². The van der Waals surface area contributed by atoms with Crippen molar-refractivity contribution in [1.29, 1.82) is 0 Å². The second-order valence-corrected chi connectivity index (χ2v) is 10.7. The van der Waals surface area contributed by atoms with Crippen LogP contribution in [0.15, 0.2) is 128 Å². The van der Waals surface area contributed by atoms with Crippen molar-refractivity contribution in [2.75, 3.05) is 9.80 Å². The second kappa shape index (κ2) is 10.6. The van der Waals surface area contributed by atoms with Crippen LogP contribution in [0.2, 0.25) is 0 Å². The Bertz CT molecular complexity index is 1870. The number of fused-ring (bicyclic) bond motifs is 1.